The van der Waals surface area contributed by atoms with Gasteiger partial charge in [-0.05, 0) is 49.9 Å². The average molecular weight is 341 g/mol. The maximum absolute atomic E-state index is 10.0. The van der Waals surface area contributed by atoms with Crippen LogP contribution in [0.5, 0.6) is 11.5 Å². The summed E-state index contributed by atoms with van der Waals surface area (Å²) in [5, 5.41) is 10.0. The Morgan fingerprint density at radius 2 is 1.48 bits per heavy atom. The predicted octanol–water partition coefficient (Wildman–Crippen LogP) is 6.31. The number of hydrogen-bond acceptors (Lipinski definition) is 2. The number of phenolic OH excluding ortho intramolecular Hbond substituents is 1. The third-order valence-electron chi connectivity index (χ3n) is 4.52. The van der Waals surface area contributed by atoms with Crippen LogP contribution in [0.15, 0.2) is 48.5 Å². The molecule has 0 fully saturated rings. The molecule has 2 rings (SSSR count). The molecule has 2 nitrogen and oxygen atoms in total. The number of aryl methyl sites for hydroxylation is 1. The number of benzene rings is 2. The molecule has 25 heavy (non-hydrogen) atoms. The van der Waals surface area contributed by atoms with E-state index < -0.39 is 0 Å². The van der Waals surface area contributed by atoms with Crippen LogP contribution in [-0.4, -0.2) is 10.7 Å². The molecule has 2 aromatic rings. The van der Waals surface area contributed by atoms with E-state index in [9.17, 15) is 5.11 Å². The van der Waals surface area contributed by atoms with E-state index in [0.717, 1.165) is 17.7 Å². The molecule has 0 unspecified atom stereocenters. The highest BCUT2D eigenvalue weighted by Crippen LogP contribution is 2.29. The summed E-state index contributed by atoms with van der Waals surface area (Å²) in [5.41, 5.74) is 1.82. The third kappa shape index (κ3) is 6.45. The van der Waals surface area contributed by atoms with Gasteiger partial charge in [-0.25, -0.2) is 0 Å². The lowest BCUT2D eigenvalue weighted by molar-refractivity contribution is 0.107. The summed E-state index contributed by atoms with van der Waals surface area (Å²) in [4.78, 5) is 0. The number of hydrogen-bond donors (Lipinski definition) is 1. The van der Waals surface area contributed by atoms with Gasteiger partial charge in [0.2, 0.25) is 0 Å². The number of phenols is 1. The Labute approximate surface area is 152 Å². The van der Waals surface area contributed by atoms with Gasteiger partial charge in [-0.3, -0.25) is 0 Å². The van der Waals surface area contributed by atoms with Crippen molar-refractivity contribution in [3.8, 4) is 11.5 Å². The molecule has 0 aliphatic carbocycles. The first kappa shape index (κ1) is 19.4. The molecule has 0 bridgehead atoms. The summed E-state index contributed by atoms with van der Waals surface area (Å²) >= 11 is 0. The molecule has 0 radical (unpaired) electrons. The fraction of sp³-hybridized carbons (Fsp3) is 0.478. The first-order chi connectivity index (χ1) is 12.0. The minimum Gasteiger partial charge on any atom is -0.508 e. The molecule has 1 N–H and O–H groups in total. The van der Waals surface area contributed by atoms with Crippen molar-refractivity contribution in [2.45, 2.75) is 71.3 Å². The van der Waals surface area contributed by atoms with Gasteiger partial charge in [-0.1, -0.05) is 69.0 Å². The zero-order valence-electron chi connectivity index (χ0n) is 15.9. The van der Waals surface area contributed by atoms with E-state index in [-0.39, 0.29) is 5.60 Å². The number of unbranched alkanes of at least 4 members (excludes halogenated alkanes) is 4. The highest BCUT2D eigenvalue weighted by molar-refractivity contribution is 5.36. The number of ether oxygens (including phenoxy) is 1. The van der Waals surface area contributed by atoms with Gasteiger partial charge in [0.15, 0.2) is 0 Å². The van der Waals surface area contributed by atoms with Crippen LogP contribution in [-0.2, 0) is 12.8 Å². The van der Waals surface area contributed by atoms with Gasteiger partial charge in [-0.15, -0.1) is 0 Å². The van der Waals surface area contributed by atoms with Crippen molar-refractivity contribution in [2.24, 2.45) is 0 Å². The van der Waals surface area contributed by atoms with Crippen LogP contribution in [0.3, 0.4) is 0 Å². The van der Waals surface area contributed by atoms with Crippen molar-refractivity contribution >= 4 is 0 Å². The lowest BCUT2D eigenvalue weighted by Crippen LogP contribution is -2.31. The van der Waals surface area contributed by atoms with Crippen molar-refractivity contribution in [1.29, 1.82) is 0 Å². The van der Waals surface area contributed by atoms with Gasteiger partial charge in [0, 0.05) is 6.42 Å². The summed E-state index contributed by atoms with van der Waals surface area (Å²) in [6.07, 6.45) is 8.14. The third-order valence-corrected chi connectivity index (χ3v) is 4.52. The van der Waals surface area contributed by atoms with Crippen LogP contribution in [0.2, 0.25) is 0 Å². The normalized spacial score (nSPS) is 11.5. The number of rotatable bonds is 10. The van der Waals surface area contributed by atoms with Crippen LogP contribution in [0, 0.1) is 0 Å². The lowest BCUT2D eigenvalue weighted by atomic mass is 9.97. The smallest absolute Gasteiger partial charge is 0.123 e. The zero-order chi connectivity index (χ0) is 18.1. The molecule has 0 aromatic heterocycles. The number of aromatic hydroxyl groups is 1. The molecule has 0 heterocycles. The van der Waals surface area contributed by atoms with E-state index in [1.807, 2.05) is 24.3 Å². The van der Waals surface area contributed by atoms with Crippen molar-refractivity contribution in [2.75, 3.05) is 0 Å². The fourth-order valence-electron chi connectivity index (χ4n) is 3.18. The Hall–Kier alpha value is -1.96. The minimum absolute atomic E-state index is 0.336. The molecule has 0 atom stereocenters. The van der Waals surface area contributed by atoms with E-state index in [2.05, 4.69) is 39.0 Å². The minimum atomic E-state index is -0.378. The molecule has 2 heteroatoms. The SMILES string of the molecule is CCCCCCCc1ccccc1OC(C)(C)Cc1ccccc1O. The fourth-order valence-corrected chi connectivity index (χ4v) is 3.18. The first-order valence-electron chi connectivity index (χ1n) is 9.55. The van der Waals surface area contributed by atoms with Gasteiger partial charge in [0.25, 0.3) is 0 Å². The first-order valence-corrected chi connectivity index (χ1v) is 9.55. The summed E-state index contributed by atoms with van der Waals surface area (Å²) in [6.45, 7) is 6.41. The molecule has 2 aromatic carbocycles. The van der Waals surface area contributed by atoms with Crippen LogP contribution in [0.25, 0.3) is 0 Å². The Morgan fingerprint density at radius 1 is 0.840 bits per heavy atom. The number of para-hydroxylation sites is 2. The molecule has 0 spiro atoms. The van der Waals surface area contributed by atoms with Crippen LogP contribution in [0.4, 0.5) is 0 Å². The zero-order valence-corrected chi connectivity index (χ0v) is 15.9. The maximum Gasteiger partial charge on any atom is 0.123 e. The quantitative estimate of drug-likeness (QED) is 0.514. The van der Waals surface area contributed by atoms with Crippen LogP contribution >= 0.6 is 0 Å². The standard InChI is InChI=1S/C23H32O2/c1-4-5-6-7-8-13-19-14-10-12-17-22(19)25-23(2,3)18-20-15-9-11-16-21(20)24/h9-12,14-17,24H,4-8,13,18H2,1-3H3. The molecule has 0 amide bonds. The van der Waals surface area contributed by atoms with Gasteiger partial charge in [0.05, 0.1) is 0 Å². The average Bonchev–Trinajstić information content (AvgIpc) is 2.58. The van der Waals surface area contributed by atoms with Crippen molar-refractivity contribution in [3.05, 3.63) is 59.7 Å². The van der Waals surface area contributed by atoms with Crippen LogP contribution < -0.4 is 4.74 Å². The second kappa shape index (κ2) is 9.50. The van der Waals surface area contributed by atoms with E-state index in [0.29, 0.717) is 12.2 Å². The second-order valence-corrected chi connectivity index (χ2v) is 7.44. The van der Waals surface area contributed by atoms with E-state index in [1.54, 1.807) is 6.07 Å². The summed E-state index contributed by atoms with van der Waals surface area (Å²) < 4.78 is 6.36. The highest BCUT2D eigenvalue weighted by Gasteiger charge is 2.23. The topological polar surface area (TPSA) is 29.5 Å². The Balaban J connectivity index is 1.99. The lowest BCUT2D eigenvalue weighted by Gasteiger charge is -2.28. The van der Waals surface area contributed by atoms with Gasteiger partial charge in [0.1, 0.15) is 17.1 Å². The Bertz CT molecular complexity index is 646. The largest absolute Gasteiger partial charge is 0.508 e. The summed E-state index contributed by atoms with van der Waals surface area (Å²) in [7, 11) is 0. The molecule has 0 aliphatic rings. The Kier molecular flexibility index (Phi) is 7.36. The summed E-state index contributed by atoms with van der Waals surface area (Å²) in [6, 6.07) is 15.8. The van der Waals surface area contributed by atoms with Gasteiger partial charge >= 0.3 is 0 Å². The molecule has 0 saturated heterocycles. The Morgan fingerprint density at radius 3 is 2.20 bits per heavy atom. The maximum atomic E-state index is 10.0. The molecular weight excluding hydrogens is 308 g/mol. The van der Waals surface area contributed by atoms with Crippen molar-refractivity contribution < 1.29 is 9.84 Å². The highest BCUT2D eigenvalue weighted by atomic mass is 16.5. The van der Waals surface area contributed by atoms with E-state index in [4.69, 9.17) is 4.74 Å². The molecule has 136 valence electrons. The van der Waals surface area contributed by atoms with Gasteiger partial charge in [-0.2, -0.15) is 0 Å². The molecular formula is C23H32O2. The van der Waals surface area contributed by atoms with Gasteiger partial charge < -0.3 is 9.84 Å². The summed E-state index contributed by atoms with van der Waals surface area (Å²) in [5.74, 6) is 1.31. The second-order valence-electron chi connectivity index (χ2n) is 7.44. The van der Waals surface area contributed by atoms with Crippen molar-refractivity contribution in [1.82, 2.24) is 0 Å². The van der Waals surface area contributed by atoms with Crippen molar-refractivity contribution in [3.63, 3.8) is 0 Å². The van der Waals surface area contributed by atoms with E-state index in [1.165, 1.54) is 37.7 Å². The predicted molar refractivity (Wildman–Crippen MR) is 105 cm³/mol. The van der Waals surface area contributed by atoms with Crippen LogP contribution in [0.1, 0.15) is 64.0 Å². The monoisotopic (exact) mass is 340 g/mol. The molecule has 0 aliphatic heterocycles. The molecule has 0 saturated carbocycles. The van der Waals surface area contributed by atoms with E-state index >= 15 is 0 Å².